The molecule has 1 aliphatic carbocycles. The molecule has 0 amide bonds. The van der Waals surface area contributed by atoms with E-state index in [4.69, 9.17) is 9.47 Å². The first-order valence-electron chi connectivity index (χ1n) is 6.18. The number of ether oxygens (including phenoxy) is 2. The van der Waals surface area contributed by atoms with Gasteiger partial charge in [0, 0.05) is 27.3 Å². The average molecular weight is 231 g/mol. The van der Waals surface area contributed by atoms with E-state index in [0.29, 0.717) is 13.2 Å². The van der Waals surface area contributed by atoms with Crippen LogP contribution in [0.5, 0.6) is 0 Å². The van der Waals surface area contributed by atoms with E-state index in [-0.39, 0.29) is 0 Å². The quantitative estimate of drug-likeness (QED) is 0.669. The van der Waals surface area contributed by atoms with Crippen molar-refractivity contribution in [2.75, 3.05) is 40.5 Å². The lowest BCUT2D eigenvalue weighted by molar-refractivity contribution is -0.141. The van der Waals surface area contributed by atoms with Crippen molar-refractivity contribution in [2.45, 2.75) is 37.8 Å². The Morgan fingerprint density at radius 1 is 1.00 bits per heavy atom. The molecule has 0 spiro atoms. The predicted octanol–water partition coefficient (Wildman–Crippen LogP) is 1.23. The Morgan fingerprint density at radius 2 is 1.50 bits per heavy atom. The van der Waals surface area contributed by atoms with E-state index in [2.05, 4.69) is 4.90 Å². The Balaban J connectivity index is 2.50. The van der Waals surface area contributed by atoms with Crippen molar-refractivity contribution < 1.29 is 14.6 Å². The van der Waals surface area contributed by atoms with Gasteiger partial charge in [0.05, 0.1) is 13.2 Å². The predicted molar refractivity (Wildman–Crippen MR) is 63.4 cm³/mol. The zero-order valence-electron chi connectivity index (χ0n) is 10.6. The Labute approximate surface area is 98.5 Å². The maximum Gasteiger partial charge on any atom is 0.118 e. The summed E-state index contributed by atoms with van der Waals surface area (Å²) in [6.07, 6.45) is 5.23. The molecule has 0 saturated heterocycles. The van der Waals surface area contributed by atoms with Gasteiger partial charge in [-0.3, -0.25) is 4.90 Å². The lowest BCUT2D eigenvalue weighted by Gasteiger charge is -2.42. The Kier molecular flexibility index (Phi) is 6.28. The molecule has 1 saturated carbocycles. The monoisotopic (exact) mass is 231 g/mol. The summed E-state index contributed by atoms with van der Waals surface area (Å²) in [7, 11) is 3.39. The van der Waals surface area contributed by atoms with E-state index in [0.717, 1.165) is 38.8 Å². The van der Waals surface area contributed by atoms with Crippen molar-refractivity contribution in [1.82, 2.24) is 4.90 Å². The SMILES string of the molecule is COCCN(CCOC)C1(O)CCCCC1. The zero-order chi connectivity index (χ0) is 11.9. The zero-order valence-corrected chi connectivity index (χ0v) is 10.6. The van der Waals surface area contributed by atoms with Gasteiger partial charge >= 0.3 is 0 Å². The van der Waals surface area contributed by atoms with Crippen LogP contribution < -0.4 is 0 Å². The molecule has 1 rings (SSSR count). The number of hydrogen-bond donors (Lipinski definition) is 1. The number of rotatable bonds is 7. The van der Waals surface area contributed by atoms with E-state index >= 15 is 0 Å². The summed E-state index contributed by atoms with van der Waals surface area (Å²) < 4.78 is 10.2. The normalized spacial score (nSPS) is 20.2. The van der Waals surface area contributed by atoms with Gasteiger partial charge in [0.1, 0.15) is 5.72 Å². The number of aliphatic hydroxyl groups is 1. The third-order valence-corrected chi connectivity index (χ3v) is 3.37. The van der Waals surface area contributed by atoms with Crippen molar-refractivity contribution in [3.63, 3.8) is 0 Å². The topological polar surface area (TPSA) is 41.9 Å². The van der Waals surface area contributed by atoms with E-state index < -0.39 is 5.72 Å². The highest BCUT2D eigenvalue weighted by Gasteiger charge is 2.34. The van der Waals surface area contributed by atoms with Crippen LogP contribution in [0.3, 0.4) is 0 Å². The molecule has 0 aromatic rings. The van der Waals surface area contributed by atoms with Gasteiger partial charge in [-0.1, -0.05) is 6.42 Å². The summed E-state index contributed by atoms with van der Waals surface area (Å²) >= 11 is 0. The molecule has 4 heteroatoms. The van der Waals surface area contributed by atoms with E-state index in [1.165, 1.54) is 6.42 Å². The molecular formula is C12H25NO3. The summed E-state index contributed by atoms with van der Waals surface area (Å²) in [5, 5.41) is 10.6. The molecule has 16 heavy (non-hydrogen) atoms. The molecule has 0 aromatic heterocycles. The average Bonchev–Trinajstić information content (AvgIpc) is 2.30. The molecular weight excluding hydrogens is 206 g/mol. The maximum absolute atomic E-state index is 10.6. The first-order chi connectivity index (χ1) is 7.73. The second kappa shape index (κ2) is 7.22. The number of methoxy groups -OCH3 is 2. The van der Waals surface area contributed by atoms with Crippen LogP contribution in [0, 0.1) is 0 Å². The minimum Gasteiger partial charge on any atom is -0.383 e. The second-order valence-electron chi connectivity index (χ2n) is 4.52. The van der Waals surface area contributed by atoms with Crippen LogP contribution in [0.15, 0.2) is 0 Å². The minimum atomic E-state index is -0.630. The Morgan fingerprint density at radius 3 is 1.94 bits per heavy atom. The van der Waals surface area contributed by atoms with Gasteiger partial charge in [-0.2, -0.15) is 0 Å². The summed E-state index contributed by atoms with van der Waals surface area (Å²) in [5.74, 6) is 0. The highest BCUT2D eigenvalue weighted by molar-refractivity contribution is 4.83. The summed E-state index contributed by atoms with van der Waals surface area (Å²) in [4.78, 5) is 2.11. The molecule has 1 fully saturated rings. The van der Waals surface area contributed by atoms with Crippen molar-refractivity contribution in [3.8, 4) is 0 Å². The van der Waals surface area contributed by atoms with Crippen molar-refractivity contribution in [2.24, 2.45) is 0 Å². The van der Waals surface area contributed by atoms with Gasteiger partial charge in [0.15, 0.2) is 0 Å². The molecule has 4 nitrogen and oxygen atoms in total. The fourth-order valence-electron chi connectivity index (χ4n) is 2.37. The van der Waals surface area contributed by atoms with Crippen molar-refractivity contribution in [1.29, 1.82) is 0 Å². The van der Waals surface area contributed by atoms with Gasteiger partial charge in [-0.05, 0) is 25.7 Å². The van der Waals surface area contributed by atoms with Crippen LogP contribution in [0.1, 0.15) is 32.1 Å². The highest BCUT2D eigenvalue weighted by atomic mass is 16.5. The lowest BCUT2D eigenvalue weighted by atomic mass is 9.90. The fourth-order valence-corrected chi connectivity index (χ4v) is 2.37. The number of hydrogen-bond acceptors (Lipinski definition) is 4. The molecule has 1 N–H and O–H groups in total. The second-order valence-corrected chi connectivity index (χ2v) is 4.52. The third kappa shape index (κ3) is 4.01. The smallest absolute Gasteiger partial charge is 0.118 e. The van der Waals surface area contributed by atoms with Gasteiger partial charge in [-0.15, -0.1) is 0 Å². The fraction of sp³-hybridized carbons (Fsp3) is 1.00. The maximum atomic E-state index is 10.6. The van der Waals surface area contributed by atoms with Crippen molar-refractivity contribution >= 4 is 0 Å². The van der Waals surface area contributed by atoms with Crippen LogP contribution in [-0.4, -0.2) is 56.3 Å². The Hall–Kier alpha value is -0.160. The lowest BCUT2D eigenvalue weighted by Crippen LogP contribution is -2.52. The van der Waals surface area contributed by atoms with Crippen LogP contribution in [0.25, 0.3) is 0 Å². The molecule has 0 aliphatic heterocycles. The van der Waals surface area contributed by atoms with Gasteiger partial charge in [0.2, 0.25) is 0 Å². The molecule has 0 heterocycles. The van der Waals surface area contributed by atoms with Gasteiger partial charge in [-0.25, -0.2) is 0 Å². The minimum absolute atomic E-state index is 0.630. The van der Waals surface area contributed by atoms with E-state index in [9.17, 15) is 5.11 Å². The summed E-state index contributed by atoms with van der Waals surface area (Å²) in [6, 6.07) is 0. The molecule has 96 valence electrons. The van der Waals surface area contributed by atoms with Gasteiger partial charge < -0.3 is 14.6 Å². The number of nitrogens with zero attached hydrogens (tertiary/aromatic N) is 1. The summed E-state index contributed by atoms with van der Waals surface area (Å²) in [6.45, 7) is 2.87. The standard InChI is InChI=1S/C12H25NO3/c1-15-10-8-13(9-11-16-2)12(14)6-4-3-5-7-12/h14H,3-11H2,1-2H3. The van der Waals surface area contributed by atoms with Crippen LogP contribution in [0.4, 0.5) is 0 Å². The third-order valence-electron chi connectivity index (χ3n) is 3.37. The molecule has 0 radical (unpaired) electrons. The highest BCUT2D eigenvalue weighted by Crippen LogP contribution is 2.30. The van der Waals surface area contributed by atoms with E-state index in [1.54, 1.807) is 14.2 Å². The van der Waals surface area contributed by atoms with Crippen LogP contribution in [-0.2, 0) is 9.47 Å². The van der Waals surface area contributed by atoms with E-state index in [1.807, 2.05) is 0 Å². The summed E-state index contributed by atoms with van der Waals surface area (Å²) in [5.41, 5.74) is -0.630. The molecule has 0 unspecified atom stereocenters. The first kappa shape index (κ1) is 13.9. The largest absolute Gasteiger partial charge is 0.383 e. The molecule has 1 aliphatic rings. The molecule has 0 bridgehead atoms. The van der Waals surface area contributed by atoms with Crippen molar-refractivity contribution in [3.05, 3.63) is 0 Å². The molecule has 0 aromatic carbocycles. The molecule has 0 atom stereocenters. The Bertz CT molecular complexity index is 173. The van der Waals surface area contributed by atoms with Gasteiger partial charge in [0.25, 0.3) is 0 Å². The first-order valence-corrected chi connectivity index (χ1v) is 6.18. The van der Waals surface area contributed by atoms with Crippen LogP contribution >= 0.6 is 0 Å². The van der Waals surface area contributed by atoms with Crippen LogP contribution in [0.2, 0.25) is 0 Å².